The Morgan fingerprint density at radius 1 is 1.44 bits per heavy atom. The molecule has 1 aliphatic rings. The molecule has 0 N–H and O–H groups in total. The largest absolute Gasteiger partial charge is 0.0627 e. The summed E-state index contributed by atoms with van der Waals surface area (Å²) in [5.74, 6) is 1.01. The Morgan fingerprint density at radius 3 is 2.44 bits per heavy atom. The Bertz CT molecular complexity index is 96.7. The summed E-state index contributed by atoms with van der Waals surface area (Å²) < 4.78 is 0. The van der Waals surface area contributed by atoms with Gasteiger partial charge < -0.3 is 0 Å². The highest BCUT2D eigenvalue weighted by Gasteiger charge is 2.27. The molecule has 0 aliphatic heterocycles. The summed E-state index contributed by atoms with van der Waals surface area (Å²) >= 11 is 0. The van der Waals surface area contributed by atoms with E-state index in [1.165, 1.54) is 35.9 Å². The first-order valence-electron chi connectivity index (χ1n) is 4.13. The maximum atomic E-state index is 2.46. The highest BCUT2D eigenvalue weighted by atomic mass is 28.1. The summed E-state index contributed by atoms with van der Waals surface area (Å²) in [6.45, 7) is 4.88. The van der Waals surface area contributed by atoms with Crippen molar-refractivity contribution in [3.05, 3.63) is 0 Å². The van der Waals surface area contributed by atoms with Gasteiger partial charge in [0.25, 0.3) is 0 Å². The van der Waals surface area contributed by atoms with Crippen molar-refractivity contribution in [2.24, 2.45) is 5.92 Å². The third-order valence-corrected chi connectivity index (χ3v) is 4.53. The molecule has 0 amide bonds. The van der Waals surface area contributed by atoms with Crippen LogP contribution in [0.15, 0.2) is 0 Å². The van der Waals surface area contributed by atoms with E-state index < -0.39 is 0 Å². The van der Waals surface area contributed by atoms with Gasteiger partial charge in [0, 0.05) is 10.2 Å². The number of hydrogen-bond acceptors (Lipinski definition) is 0. The fraction of sp³-hybridized carbons (Fsp3) is 1.00. The normalized spacial score (nSPS) is 45.3. The lowest BCUT2D eigenvalue weighted by atomic mass is 9.81. The predicted octanol–water partition coefficient (Wildman–Crippen LogP) is 1.74. The zero-order chi connectivity index (χ0) is 6.91. The van der Waals surface area contributed by atoms with Crippen molar-refractivity contribution in [3.8, 4) is 0 Å². The minimum atomic E-state index is 0.776. The predicted molar refractivity (Wildman–Crippen MR) is 45.9 cm³/mol. The van der Waals surface area contributed by atoms with E-state index in [0.717, 1.165) is 11.0 Å². The molecule has 54 valence electrons. The molecular formula is C8H18Si. The van der Waals surface area contributed by atoms with E-state index in [9.17, 15) is 0 Å². The van der Waals surface area contributed by atoms with Crippen LogP contribution in [0.5, 0.6) is 0 Å². The molecule has 0 radical (unpaired) electrons. The third kappa shape index (κ3) is 1.57. The first-order chi connectivity index (χ1) is 4.13. The number of rotatable bonds is 0. The van der Waals surface area contributed by atoms with Crippen molar-refractivity contribution in [3.63, 3.8) is 0 Å². The SMILES string of the molecule is CC1CCCCC1(C)[SiH3]. The summed E-state index contributed by atoms with van der Waals surface area (Å²) in [5.41, 5.74) is 0. The van der Waals surface area contributed by atoms with Crippen molar-refractivity contribution in [2.75, 3.05) is 0 Å². The molecule has 0 heterocycles. The standard InChI is InChI=1S/C8H18Si/c1-7-5-3-4-6-8(7,2)9/h7H,3-6H2,1-2,9H3. The molecule has 2 unspecified atom stereocenters. The molecule has 9 heavy (non-hydrogen) atoms. The molecule has 1 rings (SSSR count). The molecule has 0 nitrogen and oxygen atoms in total. The second kappa shape index (κ2) is 2.45. The molecule has 0 aromatic carbocycles. The molecule has 0 aromatic heterocycles. The van der Waals surface area contributed by atoms with Crippen LogP contribution in [0, 0.1) is 5.92 Å². The highest BCUT2D eigenvalue weighted by molar-refractivity contribution is 6.15. The Hall–Kier alpha value is 0.217. The molecule has 1 heteroatoms. The maximum absolute atomic E-state index is 2.46. The van der Waals surface area contributed by atoms with Crippen LogP contribution in [0.4, 0.5) is 0 Å². The van der Waals surface area contributed by atoms with E-state index >= 15 is 0 Å². The van der Waals surface area contributed by atoms with Crippen LogP contribution in [-0.2, 0) is 0 Å². The molecule has 0 aromatic rings. The van der Waals surface area contributed by atoms with Gasteiger partial charge >= 0.3 is 0 Å². The van der Waals surface area contributed by atoms with Gasteiger partial charge in [-0.15, -0.1) is 0 Å². The van der Waals surface area contributed by atoms with Gasteiger partial charge in [0.05, 0.1) is 0 Å². The Kier molecular flexibility index (Phi) is 1.99. The van der Waals surface area contributed by atoms with Crippen LogP contribution in [0.25, 0.3) is 0 Å². The Morgan fingerprint density at radius 2 is 2.11 bits per heavy atom. The van der Waals surface area contributed by atoms with E-state index in [4.69, 9.17) is 0 Å². The second-order valence-electron chi connectivity index (χ2n) is 4.14. The zero-order valence-electron chi connectivity index (χ0n) is 6.91. The Balaban J connectivity index is 2.49. The lowest BCUT2D eigenvalue weighted by Gasteiger charge is -2.36. The van der Waals surface area contributed by atoms with Gasteiger partial charge in [0.15, 0.2) is 0 Å². The topological polar surface area (TPSA) is 0 Å². The van der Waals surface area contributed by atoms with Crippen molar-refractivity contribution in [1.29, 1.82) is 0 Å². The molecule has 2 atom stereocenters. The molecule has 1 saturated carbocycles. The lowest BCUT2D eigenvalue weighted by Crippen LogP contribution is -2.22. The van der Waals surface area contributed by atoms with Crippen LogP contribution in [0.1, 0.15) is 39.5 Å². The van der Waals surface area contributed by atoms with Gasteiger partial charge in [-0.3, -0.25) is 0 Å². The second-order valence-corrected chi connectivity index (χ2v) is 6.42. The zero-order valence-corrected chi connectivity index (χ0v) is 8.91. The number of hydrogen-bond donors (Lipinski definition) is 0. The van der Waals surface area contributed by atoms with Gasteiger partial charge in [-0.25, -0.2) is 0 Å². The molecule has 1 aliphatic carbocycles. The first kappa shape index (κ1) is 7.33. The molecule has 1 fully saturated rings. The van der Waals surface area contributed by atoms with Crippen molar-refractivity contribution >= 4 is 10.2 Å². The van der Waals surface area contributed by atoms with E-state index in [2.05, 4.69) is 13.8 Å². The van der Waals surface area contributed by atoms with Gasteiger partial charge in [-0.1, -0.05) is 39.5 Å². The van der Waals surface area contributed by atoms with Crippen molar-refractivity contribution in [2.45, 2.75) is 44.6 Å². The van der Waals surface area contributed by atoms with Gasteiger partial charge in [-0.05, 0) is 11.0 Å². The van der Waals surface area contributed by atoms with Crippen LogP contribution in [0.3, 0.4) is 0 Å². The molecular weight excluding hydrogens is 124 g/mol. The third-order valence-electron chi connectivity index (χ3n) is 3.04. The monoisotopic (exact) mass is 142 g/mol. The average molecular weight is 142 g/mol. The molecule has 0 bridgehead atoms. The summed E-state index contributed by atoms with van der Waals surface area (Å²) in [7, 11) is 1.39. The fourth-order valence-electron chi connectivity index (χ4n) is 1.67. The van der Waals surface area contributed by atoms with Crippen molar-refractivity contribution in [1.82, 2.24) is 0 Å². The fourth-order valence-corrected chi connectivity index (χ4v) is 2.31. The van der Waals surface area contributed by atoms with Gasteiger partial charge in [-0.2, -0.15) is 0 Å². The summed E-state index contributed by atoms with van der Waals surface area (Å²) in [6.07, 6.45) is 5.96. The van der Waals surface area contributed by atoms with Crippen LogP contribution in [0.2, 0.25) is 5.04 Å². The average Bonchev–Trinajstić information content (AvgIpc) is 1.77. The van der Waals surface area contributed by atoms with Gasteiger partial charge in [0.2, 0.25) is 0 Å². The minimum absolute atomic E-state index is 0.776. The van der Waals surface area contributed by atoms with Crippen LogP contribution >= 0.6 is 0 Å². The lowest BCUT2D eigenvalue weighted by molar-refractivity contribution is 0.295. The summed E-state index contributed by atoms with van der Waals surface area (Å²) in [6, 6.07) is 0. The van der Waals surface area contributed by atoms with Gasteiger partial charge in [0.1, 0.15) is 0 Å². The quantitative estimate of drug-likeness (QED) is 0.452. The maximum Gasteiger partial charge on any atom is 0.0106 e. The summed E-state index contributed by atoms with van der Waals surface area (Å²) in [4.78, 5) is 0. The van der Waals surface area contributed by atoms with E-state index in [1.807, 2.05) is 0 Å². The van der Waals surface area contributed by atoms with Crippen LogP contribution in [-0.4, -0.2) is 10.2 Å². The first-order valence-corrected chi connectivity index (χ1v) is 5.13. The van der Waals surface area contributed by atoms with E-state index in [-0.39, 0.29) is 0 Å². The molecule has 0 spiro atoms. The Labute approximate surface area is 61.5 Å². The van der Waals surface area contributed by atoms with E-state index in [0.29, 0.717) is 0 Å². The highest BCUT2D eigenvalue weighted by Crippen LogP contribution is 2.43. The van der Waals surface area contributed by atoms with E-state index in [1.54, 1.807) is 0 Å². The summed E-state index contributed by atoms with van der Waals surface area (Å²) in [5, 5.41) is 0.776. The molecule has 0 saturated heterocycles. The minimum Gasteiger partial charge on any atom is -0.0627 e. The van der Waals surface area contributed by atoms with Crippen molar-refractivity contribution < 1.29 is 0 Å². The smallest absolute Gasteiger partial charge is 0.0106 e. The van der Waals surface area contributed by atoms with Crippen LogP contribution < -0.4 is 0 Å².